The monoisotopic (exact) mass is 175 g/mol. The molecule has 0 spiro atoms. The highest BCUT2D eigenvalue weighted by molar-refractivity contribution is 5.67. The molecule has 1 atom stereocenters. The van der Waals surface area contributed by atoms with Crippen LogP contribution in [0.2, 0.25) is 0 Å². The van der Waals surface area contributed by atoms with Gasteiger partial charge in [-0.3, -0.25) is 4.79 Å². The van der Waals surface area contributed by atoms with Crippen LogP contribution in [0.1, 0.15) is 19.8 Å². The van der Waals surface area contributed by atoms with Gasteiger partial charge in [-0.05, 0) is 25.8 Å². The molecule has 0 aliphatic rings. The summed E-state index contributed by atoms with van der Waals surface area (Å²) in [5.74, 6) is -0.722. The zero-order valence-corrected chi connectivity index (χ0v) is 7.45. The predicted molar refractivity (Wildman–Crippen MR) is 45.9 cm³/mol. The standard InChI is InChI=1S/C8H17NO3/c1-2-12-6-7(3-4-9)5-8(10)11/h7H,2-6,9H2,1H3,(H,10,11)/t7-/m1/s1. The second-order valence-electron chi connectivity index (χ2n) is 2.70. The molecule has 72 valence electrons. The van der Waals surface area contributed by atoms with Crippen LogP contribution < -0.4 is 5.73 Å². The molecule has 0 fully saturated rings. The van der Waals surface area contributed by atoms with Crippen LogP contribution in [-0.2, 0) is 9.53 Å². The van der Waals surface area contributed by atoms with E-state index in [1.54, 1.807) is 0 Å². The van der Waals surface area contributed by atoms with E-state index >= 15 is 0 Å². The maximum absolute atomic E-state index is 10.4. The number of rotatable bonds is 7. The van der Waals surface area contributed by atoms with Crippen LogP contribution in [-0.4, -0.2) is 30.8 Å². The molecule has 4 nitrogen and oxygen atoms in total. The van der Waals surface area contributed by atoms with Gasteiger partial charge in [0.25, 0.3) is 0 Å². The molecular weight excluding hydrogens is 158 g/mol. The Balaban J connectivity index is 3.61. The molecule has 0 aromatic rings. The molecule has 0 aliphatic carbocycles. The predicted octanol–water partition coefficient (Wildman–Crippen LogP) is 0.463. The van der Waals surface area contributed by atoms with Crippen LogP contribution in [0.4, 0.5) is 0 Å². The van der Waals surface area contributed by atoms with Crippen molar-refractivity contribution in [3.63, 3.8) is 0 Å². The van der Waals surface area contributed by atoms with Crippen LogP contribution in [0.25, 0.3) is 0 Å². The third kappa shape index (κ3) is 6.12. The van der Waals surface area contributed by atoms with E-state index in [0.717, 1.165) is 0 Å². The minimum absolute atomic E-state index is 0.0625. The summed E-state index contributed by atoms with van der Waals surface area (Å²) in [6, 6.07) is 0. The Kier molecular flexibility index (Phi) is 6.70. The summed E-state index contributed by atoms with van der Waals surface area (Å²) in [4.78, 5) is 10.4. The zero-order valence-electron chi connectivity index (χ0n) is 7.45. The number of hydrogen-bond acceptors (Lipinski definition) is 3. The molecule has 0 aromatic carbocycles. The summed E-state index contributed by atoms with van der Waals surface area (Å²) in [6.45, 7) is 3.53. The molecule has 0 aliphatic heterocycles. The number of nitrogens with two attached hydrogens (primary N) is 1. The van der Waals surface area contributed by atoms with Crippen molar-refractivity contribution in [2.75, 3.05) is 19.8 Å². The van der Waals surface area contributed by atoms with Gasteiger partial charge < -0.3 is 15.6 Å². The Bertz CT molecular complexity index is 127. The molecule has 12 heavy (non-hydrogen) atoms. The van der Waals surface area contributed by atoms with Gasteiger partial charge in [-0.15, -0.1) is 0 Å². The van der Waals surface area contributed by atoms with Crippen molar-refractivity contribution in [3.8, 4) is 0 Å². The van der Waals surface area contributed by atoms with Gasteiger partial charge in [0.05, 0.1) is 6.42 Å². The first-order valence-electron chi connectivity index (χ1n) is 4.20. The second kappa shape index (κ2) is 7.06. The van der Waals surface area contributed by atoms with E-state index in [9.17, 15) is 4.79 Å². The fraction of sp³-hybridized carbons (Fsp3) is 0.875. The number of hydrogen-bond donors (Lipinski definition) is 2. The topological polar surface area (TPSA) is 72.5 Å². The van der Waals surface area contributed by atoms with Crippen LogP contribution >= 0.6 is 0 Å². The number of aliphatic carboxylic acids is 1. The number of carboxylic acid groups (broad SMARTS) is 1. The second-order valence-corrected chi connectivity index (χ2v) is 2.70. The molecule has 0 heterocycles. The molecule has 0 saturated heterocycles. The number of ether oxygens (including phenoxy) is 1. The number of carboxylic acids is 1. The summed E-state index contributed by atoms with van der Waals surface area (Å²) in [6.07, 6.45) is 0.865. The van der Waals surface area contributed by atoms with E-state index in [1.165, 1.54) is 0 Å². The van der Waals surface area contributed by atoms with Gasteiger partial charge in [0.1, 0.15) is 0 Å². The quantitative estimate of drug-likeness (QED) is 0.589. The average Bonchev–Trinajstić information content (AvgIpc) is 2.00. The third-order valence-electron chi connectivity index (χ3n) is 1.60. The lowest BCUT2D eigenvalue weighted by Gasteiger charge is -2.12. The van der Waals surface area contributed by atoms with E-state index in [2.05, 4.69) is 0 Å². The maximum Gasteiger partial charge on any atom is 0.303 e. The summed E-state index contributed by atoms with van der Waals surface area (Å²) < 4.78 is 5.13. The zero-order chi connectivity index (χ0) is 9.40. The highest BCUT2D eigenvalue weighted by Crippen LogP contribution is 2.07. The van der Waals surface area contributed by atoms with Crippen molar-refractivity contribution in [3.05, 3.63) is 0 Å². The van der Waals surface area contributed by atoms with Crippen LogP contribution in [0.3, 0.4) is 0 Å². The van der Waals surface area contributed by atoms with E-state index in [4.69, 9.17) is 15.6 Å². The van der Waals surface area contributed by atoms with Gasteiger partial charge in [0, 0.05) is 13.2 Å². The molecule has 0 amide bonds. The molecule has 0 saturated carbocycles. The minimum atomic E-state index is -0.784. The fourth-order valence-electron chi connectivity index (χ4n) is 1.01. The smallest absolute Gasteiger partial charge is 0.303 e. The van der Waals surface area contributed by atoms with Gasteiger partial charge in [-0.1, -0.05) is 0 Å². The lowest BCUT2D eigenvalue weighted by Crippen LogP contribution is -2.18. The molecular formula is C8H17NO3. The Morgan fingerprint density at radius 2 is 2.33 bits per heavy atom. The summed E-state index contributed by atoms with van der Waals surface area (Å²) in [7, 11) is 0. The third-order valence-corrected chi connectivity index (χ3v) is 1.60. The molecule has 0 rings (SSSR count). The van der Waals surface area contributed by atoms with E-state index in [0.29, 0.717) is 26.2 Å². The van der Waals surface area contributed by atoms with Crippen molar-refractivity contribution in [2.24, 2.45) is 11.7 Å². The summed E-state index contributed by atoms with van der Waals surface area (Å²) in [5, 5.41) is 8.51. The van der Waals surface area contributed by atoms with Crippen molar-refractivity contribution < 1.29 is 14.6 Å². The number of carbonyl (C=O) groups is 1. The van der Waals surface area contributed by atoms with Crippen LogP contribution in [0, 0.1) is 5.92 Å². The Hall–Kier alpha value is -0.610. The van der Waals surface area contributed by atoms with Crippen molar-refractivity contribution >= 4 is 5.97 Å². The van der Waals surface area contributed by atoms with Crippen LogP contribution in [0.15, 0.2) is 0 Å². The minimum Gasteiger partial charge on any atom is -0.481 e. The van der Waals surface area contributed by atoms with Crippen molar-refractivity contribution in [1.82, 2.24) is 0 Å². The highest BCUT2D eigenvalue weighted by Gasteiger charge is 2.11. The van der Waals surface area contributed by atoms with E-state index in [-0.39, 0.29) is 12.3 Å². The normalized spacial score (nSPS) is 12.8. The first-order chi connectivity index (χ1) is 5.70. The molecule has 4 heteroatoms. The van der Waals surface area contributed by atoms with Crippen molar-refractivity contribution in [2.45, 2.75) is 19.8 Å². The molecule has 3 N–H and O–H groups in total. The fourth-order valence-corrected chi connectivity index (χ4v) is 1.01. The average molecular weight is 175 g/mol. The first-order valence-corrected chi connectivity index (χ1v) is 4.20. The molecule has 0 unspecified atom stereocenters. The van der Waals surface area contributed by atoms with Crippen molar-refractivity contribution in [1.29, 1.82) is 0 Å². The SMILES string of the molecule is CCOC[C@H](CCN)CC(=O)O. The van der Waals surface area contributed by atoms with Gasteiger partial charge in [0.15, 0.2) is 0 Å². The van der Waals surface area contributed by atoms with Gasteiger partial charge in [-0.2, -0.15) is 0 Å². The van der Waals surface area contributed by atoms with E-state index in [1.807, 2.05) is 6.92 Å². The van der Waals surface area contributed by atoms with Gasteiger partial charge in [0.2, 0.25) is 0 Å². The molecule has 0 bridgehead atoms. The Morgan fingerprint density at radius 1 is 1.67 bits per heavy atom. The summed E-state index contributed by atoms with van der Waals surface area (Å²) >= 11 is 0. The Labute approximate surface area is 72.7 Å². The van der Waals surface area contributed by atoms with E-state index < -0.39 is 5.97 Å². The van der Waals surface area contributed by atoms with Crippen LogP contribution in [0.5, 0.6) is 0 Å². The molecule has 0 radical (unpaired) electrons. The maximum atomic E-state index is 10.4. The largest absolute Gasteiger partial charge is 0.481 e. The first kappa shape index (κ1) is 11.4. The van der Waals surface area contributed by atoms with Gasteiger partial charge >= 0.3 is 5.97 Å². The highest BCUT2D eigenvalue weighted by atomic mass is 16.5. The molecule has 0 aromatic heterocycles. The lowest BCUT2D eigenvalue weighted by atomic mass is 10.0. The summed E-state index contributed by atoms with van der Waals surface area (Å²) in [5.41, 5.74) is 5.33. The lowest BCUT2D eigenvalue weighted by molar-refractivity contribution is -0.138. The van der Waals surface area contributed by atoms with Gasteiger partial charge in [-0.25, -0.2) is 0 Å². The Morgan fingerprint density at radius 3 is 2.75 bits per heavy atom.